The van der Waals surface area contributed by atoms with Crippen LogP contribution in [0, 0.1) is 0 Å². The van der Waals surface area contributed by atoms with Gasteiger partial charge in [-0.25, -0.2) is 4.79 Å². The predicted octanol–water partition coefficient (Wildman–Crippen LogP) is 2.30. The first-order valence-electron chi connectivity index (χ1n) is 8.69. The molecule has 1 fully saturated rings. The molecule has 1 aliphatic rings. The summed E-state index contributed by atoms with van der Waals surface area (Å²) in [5.74, 6) is -2.35. The number of urea groups is 1. The Morgan fingerprint density at radius 1 is 1.24 bits per heavy atom. The SMILES string of the molecule is CC[C@]1(C)NC(=O)N(CC(=O)O[C@@H](C)C(=O)Nc2ccc(C(F)(F)F)cc2)C1=O. The van der Waals surface area contributed by atoms with Crippen molar-refractivity contribution in [2.24, 2.45) is 0 Å². The third-order valence-corrected chi connectivity index (χ3v) is 4.50. The highest BCUT2D eigenvalue weighted by molar-refractivity contribution is 6.08. The van der Waals surface area contributed by atoms with Crippen molar-refractivity contribution in [2.45, 2.75) is 45.0 Å². The lowest BCUT2D eigenvalue weighted by molar-refractivity contribution is -0.155. The number of carbonyl (C=O) groups excluding carboxylic acids is 4. The normalized spacial score (nSPS) is 20.3. The van der Waals surface area contributed by atoms with Crippen LogP contribution in [0.3, 0.4) is 0 Å². The highest BCUT2D eigenvalue weighted by atomic mass is 19.4. The molecule has 0 bridgehead atoms. The third-order valence-electron chi connectivity index (χ3n) is 4.50. The summed E-state index contributed by atoms with van der Waals surface area (Å²) in [6.45, 7) is 3.81. The molecular formula is C18H20F3N3O5. The molecule has 2 rings (SSSR count). The molecule has 2 N–H and O–H groups in total. The van der Waals surface area contributed by atoms with Crippen molar-refractivity contribution in [3.05, 3.63) is 29.8 Å². The Morgan fingerprint density at radius 3 is 2.31 bits per heavy atom. The number of carbonyl (C=O) groups is 4. The molecule has 0 aromatic heterocycles. The second kappa shape index (κ2) is 8.10. The number of benzene rings is 1. The lowest BCUT2D eigenvalue weighted by Crippen LogP contribution is -2.44. The quantitative estimate of drug-likeness (QED) is 0.548. The van der Waals surface area contributed by atoms with E-state index < -0.39 is 53.7 Å². The molecule has 2 atom stereocenters. The fourth-order valence-corrected chi connectivity index (χ4v) is 2.53. The van der Waals surface area contributed by atoms with E-state index in [-0.39, 0.29) is 5.69 Å². The van der Waals surface area contributed by atoms with E-state index in [2.05, 4.69) is 10.6 Å². The number of imide groups is 1. The maximum Gasteiger partial charge on any atom is 0.416 e. The lowest BCUT2D eigenvalue weighted by Gasteiger charge is -2.19. The predicted molar refractivity (Wildman–Crippen MR) is 94.6 cm³/mol. The fourth-order valence-electron chi connectivity index (χ4n) is 2.53. The Balaban J connectivity index is 1.91. The molecule has 0 radical (unpaired) electrons. The number of rotatable bonds is 6. The Morgan fingerprint density at radius 2 is 1.83 bits per heavy atom. The molecule has 1 saturated heterocycles. The molecule has 1 aromatic carbocycles. The monoisotopic (exact) mass is 415 g/mol. The number of amides is 4. The van der Waals surface area contributed by atoms with E-state index in [1.54, 1.807) is 6.92 Å². The zero-order valence-electron chi connectivity index (χ0n) is 15.9. The van der Waals surface area contributed by atoms with Crippen LogP contribution in [-0.2, 0) is 25.3 Å². The molecule has 8 nitrogen and oxygen atoms in total. The Labute approximate surface area is 164 Å². The molecular weight excluding hydrogens is 395 g/mol. The maximum atomic E-state index is 12.5. The largest absolute Gasteiger partial charge is 0.451 e. The molecule has 0 spiro atoms. The van der Waals surface area contributed by atoms with Gasteiger partial charge in [-0.05, 0) is 44.5 Å². The van der Waals surface area contributed by atoms with E-state index in [9.17, 15) is 32.3 Å². The number of nitrogens with one attached hydrogen (secondary N) is 2. The fraction of sp³-hybridized carbons (Fsp3) is 0.444. The average molecular weight is 415 g/mol. The molecule has 158 valence electrons. The number of halogens is 3. The highest BCUT2D eigenvalue weighted by Crippen LogP contribution is 2.29. The van der Waals surface area contributed by atoms with Gasteiger partial charge >= 0.3 is 18.2 Å². The van der Waals surface area contributed by atoms with Gasteiger partial charge in [0.2, 0.25) is 0 Å². The van der Waals surface area contributed by atoms with Gasteiger partial charge < -0.3 is 15.4 Å². The van der Waals surface area contributed by atoms with Crippen molar-refractivity contribution in [3.8, 4) is 0 Å². The molecule has 1 aromatic rings. The minimum Gasteiger partial charge on any atom is -0.451 e. The smallest absolute Gasteiger partial charge is 0.416 e. The summed E-state index contributed by atoms with van der Waals surface area (Å²) < 4.78 is 42.6. The first-order valence-corrected chi connectivity index (χ1v) is 8.69. The molecule has 11 heteroatoms. The van der Waals surface area contributed by atoms with Gasteiger partial charge in [0.05, 0.1) is 5.56 Å². The first-order chi connectivity index (χ1) is 13.4. The molecule has 4 amide bonds. The zero-order chi connectivity index (χ0) is 22.0. The summed E-state index contributed by atoms with van der Waals surface area (Å²) in [6.07, 6.45) is -5.48. The van der Waals surface area contributed by atoms with Gasteiger partial charge in [-0.2, -0.15) is 13.2 Å². The number of esters is 1. The van der Waals surface area contributed by atoms with Crippen molar-refractivity contribution in [3.63, 3.8) is 0 Å². The molecule has 1 heterocycles. The van der Waals surface area contributed by atoms with Gasteiger partial charge in [-0.15, -0.1) is 0 Å². The topological polar surface area (TPSA) is 105 Å². The van der Waals surface area contributed by atoms with Crippen LogP contribution in [-0.4, -0.2) is 46.9 Å². The molecule has 0 aliphatic carbocycles. The van der Waals surface area contributed by atoms with E-state index in [0.717, 1.165) is 24.3 Å². The van der Waals surface area contributed by atoms with Crippen molar-refractivity contribution >= 4 is 29.5 Å². The Bertz CT molecular complexity index is 825. The summed E-state index contributed by atoms with van der Waals surface area (Å²) >= 11 is 0. The van der Waals surface area contributed by atoms with Crippen LogP contribution >= 0.6 is 0 Å². The van der Waals surface area contributed by atoms with E-state index in [1.165, 1.54) is 13.8 Å². The number of ether oxygens (including phenoxy) is 1. The lowest BCUT2D eigenvalue weighted by atomic mass is 9.99. The van der Waals surface area contributed by atoms with Crippen LogP contribution in [0.4, 0.5) is 23.7 Å². The summed E-state index contributed by atoms with van der Waals surface area (Å²) in [7, 11) is 0. The highest BCUT2D eigenvalue weighted by Gasteiger charge is 2.47. The van der Waals surface area contributed by atoms with Gasteiger partial charge in [0, 0.05) is 5.69 Å². The molecule has 1 aliphatic heterocycles. The second-order valence-corrected chi connectivity index (χ2v) is 6.70. The minimum atomic E-state index is -4.50. The van der Waals surface area contributed by atoms with Crippen molar-refractivity contribution in [1.82, 2.24) is 10.2 Å². The van der Waals surface area contributed by atoms with Crippen molar-refractivity contribution in [1.29, 1.82) is 0 Å². The molecule has 0 unspecified atom stereocenters. The van der Waals surface area contributed by atoms with Gasteiger partial charge in [-0.1, -0.05) is 6.92 Å². The van der Waals surface area contributed by atoms with Gasteiger partial charge in [0.15, 0.2) is 6.10 Å². The average Bonchev–Trinajstić information content (AvgIpc) is 2.85. The van der Waals surface area contributed by atoms with E-state index in [4.69, 9.17) is 4.74 Å². The number of alkyl halides is 3. The van der Waals surface area contributed by atoms with Crippen LogP contribution in [0.2, 0.25) is 0 Å². The van der Waals surface area contributed by atoms with Crippen LogP contribution in [0.5, 0.6) is 0 Å². The van der Waals surface area contributed by atoms with E-state index in [1.807, 2.05) is 0 Å². The van der Waals surface area contributed by atoms with Crippen molar-refractivity contribution in [2.75, 3.05) is 11.9 Å². The molecule has 0 saturated carbocycles. The van der Waals surface area contributed by atoms with Crippen LogP contribution < -0.4 is 10.6 Å². The molecule has 29 heavy (non-hydrogen) atoms. The number of hydrogen-bond acceptors (Lipinski definition) is 5. The van der Waals surface area contributed by atoms with Crippen LogP contribution in [0.15, 0.2) is 24.3 Å². The van der Waals surface area contributed by atoms with Crippen molar-refractivity contribution < 1.29 is 37.1 Å². The number of anilines is 1. The van der Waals surface area contributed by atoms with Gasteiger partial charge in [-0.3, -0.25) is 19.3 Å². The third kappa shape index (κ3) is 5.04. The summed E-state index contributed by atoms with van der Waals surface area (Å²) in [6, 6.07) is 2.99. The van der Waals surface area contributed by atoms with E-state index in [0.29, 0.717) is 11.3 Å². The second-order valence-electron chi connectivity index (χ2n) is 6.70. The zero-order valence-corrected chi connectivity index (χ0v) is 15.9. The number of hydrogen-bond donors (Lipinski definition) is 2. The number of nitrogens with zero attached hydrogens (tertiary/aromatic N) is 1. The van der Waals surface area contributed by atoms with Gasteiger partial charge in [0.1, 0.15) is 12.1 Å². The summed E-state index contributed by atoms with van der Waals surface area (Å²) in [5, 5.41) is 4.80. The van der Waals surface area contributed by atoms with Crippen LogP contribution in [0.25, 0.3) is 0 Å². The standard InChI is InChI=1S/C18H20F3N3O5/c1-4-17(3)15(27)24(16(28)23-17)9-13(25)29-10(2)14(26)22-12-7-5-11(6-8-12)18(19,20)21/h5-8,10H,4,9H2,1-3H3,(H,22,26)(H,23,28)/t10-,17-/m0/s1. The van der Waals surface area contributed by atoms with Gasteiger partial charge in [0.25, 0.3) is 11.8 Å². The van der Waals surface area contributed by atoms with Crippen LogP contribution in [0.1, 0.15) is 32.8 Å². The minimum absolute atomic E-state index is 0.0821. The van der Waals surface area contributed by atoms with E-state index >= 15 is 0 Å². The Hall–Kier alpha value is -3.11. The first kappa shape index (κ1) is 22.2. The Kier molecular flexibility index (Phi) is 6.19. The maximum absolute atomic E-state index is 12.5. The summed E-state index contributed by atoms with van der Waals surface area (Å²) in [4.78, 5) is 48.9. The summed E-state index contributed by atoms with van der Waals surface area (Å²) in [5.41, 5.74) is -1.90.